The van der Waals surface area contributed by atoms with Gasteiger partial charge in [-0.2, -0.15) is 8.78 Å². The molecule has 0 bridgehead atoms. The normalized spacial score (nSPS) is 17.4. The van der Waals surface area contributed by atoms with E-state index in [1.807, 2.05) is 11.6 Å². The predicted molar refractivity (Wildman–Crippen MR) is 50.5 cm³/mol. The third kappa shape index (κ3) is 5.53. The highest BCUT2D eigenvalue weighted by molar-refractivity contribution is 9.09. The molecule has 0 rings (SSSR count). The monoisotopic (exact) mass is 279 g/mol. The Labute approximate surface area is 85.1 Å². The minimum atomic E-state index is -4.45. The van der Waals surface area contributed by atoms with Crippen molar-refractivity contribution >= 4 is 26.0 Å². The molecule has 0 aromatic carbocycles. The van der Waals surface area contributed by atoms with Crippen LogP contribution in [0.5, 0.6) is 0 Å². The molecule has 0 aliphatic rings. The fraction of sp³-hybridized carbons (Fsp3) is 1.00. The SMILES string of the molecule is CC(Br)CC(C)NS(=O)(=O)C(F)F. The fourth-order valence-corrected chi connectivity index (χ4v) is 2.19. The number of hydrogen-bond donors (Lipinski definition) is 1. The van der Waals surface area contributed by atoms with Gasteiger partial charge in [0.2, 0.25) is 0 Å². The maximum absolute atomic E-state index is 11.8. The van der Waals surface area contributed by atoms with E-state index in [9.17, 15) is 17.2 Å². The largest absolute Gasteiger partial charge is 0.350 e. The average molecular weight is 280 g/mol. The summed E-state index contributed by atoms with van der Waals surface area (Å²) in [6.45, 7) is 3.35. The second-order valence-corrected chi connectivity index (χ2v) is 6.09. The van der Waals surface area contributed by atoms with Crippen LogP contribution in [0, 0.1) is 0 Å². The van der Waals surface area contributed by atoms with Gasteiger partial charge < -0.3 is 0 Å². The van der Waals surface area contributed by atoms with Crippen LogP contribution in [0.2, 0.25) is 0 Å². The third-order valence-corrected chi connectivity index (χ3v) is 2.85. The van der Waals surface area contributed by atoms with E-state index >= 15 is 0 Å². The van der Waals surface area contributed by atoms with E-state index in [0.717, 1.165) is 0 Å². The quantitative estimate of drug-likeness (QED) is 0.779. The highest BCUT2D eigenvalue weighted by Crippen LogP contribution is 2.09. The molecule has 80 valence electrons. The van der Waals surface area contributed by atoms with Crippen LogP contribution in [0.4, 0.5) is 8.78 Å². The van der Waals surface area contributed by atoms with E-state index in [-0.39, 0.29) is 4.83 Å². The van der Waals surface area contributed by atoms with Crippen molar-refractivity contribution in [3.8, 4) is 0 Å². The van der Waals surface area contributed by atoms with E-state index in [1.54, 1.807) is 0 Å². The van der Waals surface area contributed by atoms with Gasteiger partial charge in [0.05, 0.1) is 0 Å². The van der Waals surface area contributed by atoms with Crippen molar-refractivity contribution in [2.24, 2.45) is 0 Å². The molecule has 2 atom stereocenters. The molecule has 0 aliphatic heterocycles. The summed E-state index contributed by atoms with van der Waals surface area (Å²) < 4.78 is 46.9. The molecule has 0 saturated heterocycles. The van der Waals surface area contributed by atoms with Crippen LogP contribution >= 0.6 is 15.9 Å². The summed E-state index contributed by atoms with van der Waals surface area (Å²) in [5.74, 6) is -3.36. The first-order valence-electron chi connectivity index (χ1n) is 3.69. The Morgan fingerprint density at radius 3 is 2.15 bits per heavy atom. The smallest absolute Gasteiger partial charge is 0.207 e. The molecular weight excluding hydrogens is 268 g/mol. The molecule has 3 nitrogen and oxygen atoms in total. The van der Waals surface area contributed by atoms with Crippen molar-refractivity contribution in [3.63, 3.8) is 0 Å². The Morgan fingerprint density at radius 2 is 1.85 bits per heavy atom. The Morgan fingerprint density at radius 1 is 1.38 bits per heavy atom. The topological polar surface area (TPSA) is 46.2 Å². The molecule has 0 saturated carbocycles. The molecule has 0 amide bonds. The Bertz CT molecular complexity index is 243. The van der Waals surface area contributed by atoms with Gasteiger partial charge in [0.15, 0.2) is 0 Å². The number of rotatable bonds is 5. The second-order valence-electron chi connectivity index (χ2n) is 2.84. The summed E-state index contributed by atoms with van der Waals surface area (Å²) in [5, 5.41) is 0. The van der Waals surface area contributed by atoms with E-state index in [1.165, 1.54) is 6.92 Å². The lowest BCUT2D eigenvalue weighted by molar-refractivity contribution is 0.231. The average Bonchev–Trinajstić information content (AvgIpc) is 1.82. The number of halogens is 3. The van der Waals surface area contributed by atoms with Crippen LogP contribution in [0.15, 0.2) is 0 Å². The molecule has 0 spiro atoms. The highest BCUT2D eigenvalue weighted by atomic mass is 79.9. The zero-order chi connectivity index (χ0) is 10.6. The van der Waals surface area contributed by atoms with Crippen molar-refractivity contribution in [1.82, 2.24) is 4.72 Å². The molecule has 0 radical (unpaired) electrons. The first-order chi connectivity index (χ1) is 5.75. The van der Waals surface area contributed by atoms with Crippen LogP contribution in [0.3, 0.4) is 0 Å². The molecule has 0 aromatic rings. The molecule has 7 heteroatoms. The van der Waals surface area contributed by atoms with Gasteiger partial charge in [0.1, 0.15) is 0 Å². The summed E-state index contributed by atoms with van der Waals surface area (Å²) in [4.78, 5) is 0.0860. The van der Waals surface area contributed by atoms with Gasteiger partial charge >= 0.3 is 5.76 Å². The van der Waals surface area contributed by atoms with E-state index < -0.39 is 21.8 Å². The first-order valence-corrected chi connectivity index (χ1v) is 6.15. The van der Waals surface area contributed by atoms with E-state index in [2.05, 4.69) is 15.9 Å². The predicted octanol–water partition coefficient (Wildman–Crippen LogP) is 1.69. The first kappa shape index (κ1) is 13.2. The molecule has 2 unspecified atom stereocenters. The minimum absolute atomic E-state index is 0.0860. The number of nitrogens with one attached hydrogen (secondary N) is 1. The third-order valence-electron chi connectivity index (χ3n) is 1.28. The molecule has 0 fully saturated rings. The van der Waals surface area contributed by atoms with Gasteiger partial charge in [-0.05, 0) is 13.3 Å². The van der Waals surface area contributed by atoms with Gasteiger partial charge in [-0.15, -0.1) is 0 Å². The number of hydrogen-bond acceptors (Lipinski definition) is 2. The van der Waals surface area contributed by atoms with Crippen LogP contribution in [-0.4, -0.2) is 25.0 Å². The zero-order valence-electron chi connectivity index (χ0n) is 7.30. The molecule has 13 heavy (non-hydrogen) atoms. The lowest BCUT2D eigenvalue weighted by Crippen LogP contribution is -2.37. The van der Waals surface area contributed by atoms with E-state index in [4.69, 9.17) is 0 Å². The Balaban J connectivity index is 4.13. The molecule has 1 N–H and O–H groups in total. The lowest BCUT2D eigenvalue weighted by Gasteiger charge is -2.14. The van der Waals surface area contributed by atoms with Gasteiger partial charge in [0.25, 0.3) is 10.0 Å². The Hall–Kier alpha value is 0.250. The summed E-state index contributed by atoms with van der Waals surface area (Å²) in [6, 6.07) is -0.492. The fourth-order valence-electron chi connectivity index (χ4n) is 0.867. The number of alkyl halides is 3. The van der Waals surface area contributed by atoms with Crippen LogP contribution in [-0.2, 0) is 10.0 Å². The molecular formula is C6H12BrF2NO2S. The van der Waals surface area contributed by atoms with Crippen molar-refractivity contribution in [1.29, 1.82) is 0 Å². The van der Waals surface area contributed by atoms with Crippen molar-refractivity contribution in [2.45, 2.75) is 36.9 Å². The van der Waals surface area contributed by atoms with Gasteiger partial charge in [-0.3, -0.25) is 0 Å². The lowest BCUT2D eigenvalue weighted by atomic mass is 10.2. The summed E-state index contributed by atoms with van der Waals surface area (Å²) in [6.07, 6.45) is 0.464. The van der Waals surface area contributed by atoms with Gasteiger partial charge in [0, 0.05) is 10.9 Å². The van der Waals surface area contributed by atoms with Crippen molar-refractivity contribution in [2.75, 3.05) is 0 Å². The van der Waals surface area contributed by atoms with Crippen LogP contribution in [0.25, 0.3) is 0 Å². The Kier molecular flexibility index (Phi) is 5.31. The van der Waals surface area contributed by atoms with Crippen LogP contribution in [0.1, 0.15) is 20.3 Å². The number of sulfonamides is 1. The van der Waals surface area contributed by atoms with Gasteiger partial charge in [-0.1, -0.05) is 22.9 Å². The maximum atomic E-state index is 11.8. The molecule has 0 aromatic heterocycles. The van der Waals surface area contributed by atoms with E-state index in [0.29, 0.717) is 6.42 Å². The zero-order valence-corrected chi connectivity index (χ0v) is 9.70. The second kappa shape index (κ2) is 5.21. The summed E-state index contributed by atoms with van der Waals surface area (Å²) in [5.41, 5.74) is 0. The molecule has 0 aliphatic carbocycles. The van der Waals surface area contributed by atoms with Crippen LogP contribution < -0.4 is 4.72 Å². The minimum Gasteiger partial charge on any atom is -0.207 e. The standard InChI is InChI=1S/C6H12BrF2NO2S/c1-4(7)3-5(2)10-13(11,12)6(8)9/h4-6,10H,3H2,1-2H3. The van der Waals surface area contributed by atoms with Gasteiger partial charge in [-0.25, -0.2) is 13.1 Å². The highest BCUT2D eigenvalue weighted by Gasteiger charge is 2.25. The molecule has 0 heterocycles. The summed E-state index contributed by atoms with van der Waals surface area (Å²) in [7, 11) is -4.45. The maximum Gasteiger partial charge on any atom is 0.350 e. The summed E-state index contributed by atoms with van der Waals surface area (Å²) >= 11 is 3.20. The van der Waals surface area contributed by atoms with Crippen molar-refractivity contribution in [3.05, 3.63) is 0 Å². The van der Waals surface area contributed by atoms with Crippen molar-refractivity contribution < 1.29 is 17.2 Å².